The Labute approximate surface area is 120 Å². The van der Waals surface area contributed by atoms with Gasteiger partial charge in [0.25, 0.3) is 0 Å². The van der Waals surface area contributed by atoms with Crippen molar-refractivity contribution in [2.45, 2.75) is 19.4 Å². The largest absolute Gasteiger partial charge is 0.497 e. The lowest BCUT2D eigenvalue weighted by atomic mass is 10.1. The Bertz CT molecular complexity index is 379. The summed E-state index contributed by atoms with van der Waals surface area (Å²) in [6.07, 6.45) is 0.285. The molecule has 0 aliphatic carbocycles. The van der Waals surface area contributed by atoms with Crippen LogP contribution in [0.15, 0.2) is 18.2 Å². The van der Waals surface area contributed by atoms with Gasteiger partial charge in [0.1, 0.15) is 18.1 Å². The molecule has 0 bridgehead atoms. The summed E-state index contributed by atoms with van der Waals surface area (Å²) in [7, 11) is 3.27. The molecule has 5 heteroatoms. The van der Waals surface area contributed by atoms with Crippen molar-refractivity contribution in [2.24, 2.45) is 0 Å². The molecule has 0 saturated heterocycles. The number of rotatable bonds is 10. The normalized spacial score (nSPS) is 12.2. The molecule has 0 radical (unpaired) electrons. The Balaban J connectivity index is 2.41. The molecular formula is C15H24O5. The maximum Gasteiger partial charge on any atom is 0.128 e. The Morgan fingerprint density at radius 2 is 1.90 bits per heavy atom. The van der Waals surface area contributed by atoms with Gasteiger partial charge in [0.2, 0.25) is 0 Å². The van der Waals surface area contributed by atoms with Crippen molar-refractivity contribution >= 4 is 0 Å². The van der Waals surface area contributed by atoms with Gasteiger partial charge >= 0.3 is 0 Å². The second-order valence-corrected chi connectivity index (χ2v) is 4.39. The van der Waals surface area contributed by atoms with Gasteiger partial charge in [-0.1, -0.05) is 0 Å². The molecule has 1 atom stereocenters. The van der Waals surface area contributed by atoms with Gasteiger partial charge in [-0.15, -0.1) is 0 Å². The van der Waals surface area contributed by atoms with E-state index in [-0.39, 0.29) is 0 Å². The van der Waals surface area contributed by atoms with Crippen LogP contribution in [-0.4, -0.2) is 45.8 Å². The van der Waals surface area contributed by atoms with Crippen molar-refractivity contribution in [3.05, 3.63) is 23.8 Å². The minimum absolute atomic E-state index is 0.430. The second-order valence-electron chi connectivity index (χ2n) is 4.39. The molecule has 114 valence electrons. The van der Waals surface area contributed by atoms with Crippen LogP contribution in [0.5, 0.6) is 11.5 Å². The summed E-state index contributed by atoms with van der Waals surface area (Å²) in [6, 6.07) is 5.38. The van der Waals surface area contributed by atoms with E-state index in [9.17, 15) is 5.11 Å². The lowest BCUT2D eigenvalue weighted by Crippen LogP contribution is -2.10. The van der Waals surface area contributed by atoms with Crippen molar-refractivity contribution in [3.8, 4) is 11.5 Å². The summed E-state index contributed by atoms with van der Waals surface area (Å²) >= 11 is 0. The van der Waals surface area contributed by atoms with E-state index in [1.165, 1.54) is 0 Å². The summed E-state index contributed by atoms with van der Waals surface area (Å²) in [4.78, 5) is 0. The molecule has 1 aromatic rings. The highest BCUT2D eigenvalue weighted by atomic mass is 16.5. The zero-order valence-corrected chi connectivity index (χ0v) is 12.4. The summed E-state index contributed by atoms with van der Waals surface area (Å²) in [6.45, 7) is 3.98. The standard InChI is InChI=1S/C15H24O5/c1-12(16)14-6-5-13(18-3)11-15(14)20-10-9-19-8-4-7-17-2/h5-6,11-12,16H,4,7-10H2,1-3H3/t12-/m1/s1. The van der Waals surface area contributed by atoms with E-state index in [0.717, 1.165) is 12.0 Å². The Hall–Kier alpha value is -1.30. The summed E-state index contributed by atoms with van der Waals surface area (Å²) in [5.74, 6) is 1.32. The Morgan fingerprint density at radius 3 is 2.55 bits per heavy atom. The van der Waals surface area contributed by atoms with Gasteiger partial charge in [-0.3, -0.25) is 0 Å². The van der Waals surface area contributed by atoms with E-state index in [0.29, 0.717) is 37.9 Å². The van der Waals surface area contributed by atoms with Gasteiger partial charge in [-0.25, -0.2) is 0 Å². The highest BCUT2D eigenvalue weighted by Crippen LogP contribution is 2.29. The molecule has 0 aliphatic heterocycles. The minimum Gasteiger partial charge on any atom is -0.497 e. The first-order chi connectivity index (χ1) is 9.69. The summed E-state index contributed by atoms with van der Waals surface area (Å²) in [5, 5.41) is 9.70. The first kappa shape index (κ1) is 16.8. The average molecular weight is 284 g/mol. The zero-order valence-electron chi connectivity index (χ0n) is 12.4. The topological polar surface area (TPSA) is 57.2 Å². The Kier molecular flexibility index (Phi) is 8.02. The molecule has 1 N–H and O–H groups in total. The van der Waals surface area contributed by atoms with Crippen molar-refractivity contribution in [1.82, 2.24) is 0 Å². The van der Waals surface area contributed by atoms with E-state index in [4.69, 9.17) is 18.9 Å². The molecule has 0 fully saturated rings. The van der Waals surface area contributed by atoms with E-state index in [1.807, 2.05) is 0 Å². The molecule has 0 saturated carbocycles. The number of benzene rings is 1. The fourth-order valence-electron chi connectivity index (χ4n) is 1.73. The van der Waals surface area contributed by atoms with Crippen LogP contribution in [0.1, 0.15) is 25.0 Å². The van der Waals surface area contributed by atoms with Gasteiger partial charge in [0.05, 0.1) is 19.8 Å². The molecule has 0 amide bonds. The predicted molar refractivity (Wildman–Crippen MR) is 76.4 cm³/mol. The van der Waals surface area contributed by atoms with Crippen LogP contribution in [0.25, 0.3) is 0 Å². The maximum atomic E-state index is 9.70. The van der Waals surface area contributed by atoms with E-state index in [2.05, 4.69) is 0 Å². The minimum atomic E-state index is -0.585. The number of hydrogen-bond donors (Lipinski definition) is 1. The fraction of sp³-hybridized carbons (Fsp3) is 0.600. The van der Waals surface area contributed by atoms with Crippen LogP contribution >= 0.6 is 0 Å². The molecule has 1 aromatic carbocycles. The predicted octanol–water partition coefficient (Wildman–Crippen LogP) is 2.18. The molecule has 0 aliphatic rings. The highest BCUT2D eigenvalue weighted by molar-refractivity contribution is 5.41. The number of aliphatic hydroxyl groups excluding tert-OH is 1. The lowest BCUT2D eigenvalue weighted by molar-refractivity contribution is 0.0794. The smallest absolute Gasteiger partial charge is 0.128 e. The van der Waals surface area contributed by atoms with E-state index in [1.54, 1.807) is 39.3 Å². The van der Waals surface area contributed by atoms with Crippen LogP contribution in [0.2, 0.25) is 0 Å². The third-order valence-corrected chi connectivity index (χ3v) is 2.79. The third kappa shape index (κ3) is 5.77. The molecule has 0 spiro atoms. The molecule has 0 heterocycles. The zero-order chi connectivity index (χ0) is 14.8. The summed E-state index contributed by atoms with van der Waals surface area (Å²) in [5.41, 5.74) is 0.741. The number of methoxy groups -OCH3 is 2. The molecule has 1 rings (SSSR count). The monoisotopic (exact) mass is 284 g/mol. The molecular weight excluding hydrogens is 260 g/mol. The van der Waals surface area contributed by atoms with Crippen molar-refractivity contribution in [2.75, 3.05) is 40.6 Å². The Morgan fingerprint density at radius 1 is 1.10 bits per heavy atom. The van der Waals surface area contributed by atoms with Gasteiger partial charge in [0, 0.05) is 32.0 Å². The van der Waals surface area contributed by atoms with Gasteiger partial charge in [-0.05, 0) is 25.5 Å². The first-order valence-electron chi connectivity index (χ1n) is 6.74. The summed E-state index contributed by atoms with van der Waals surface area (Å²) < 4.78 is 21.2. The van der Waals surface area contributed by atoms with Crippen LogP contribution in [0.4, 0.5) is 0 Å². The molecule has 20 heavy (non-hydrogen) atoms. The second kappa shape index (κ2) is 9.58. The van der Waals surface area contributed by atoms with E-state index < -0.39 is 6.10 Å². The average Bonchev–Trinajstić information content (AvgIpc) is 2.45. The first-order valence-corrected chi connectivity index (χ1v) is 6.74. The third-order valence-electron chi connectivity index (χ3n) is 2.79. The fourth-order valence-corrected chi connectivity index (χ4v) is 1.73. The quantitative estimate of drug-likeness (QED) is 0.667. The molecule has 5 nitrogen and oxygen atoms in total. The van der Waals surface area contributed by atoms with Crippen LogP contribution < -0.4 is 9.47 Å². The molecule has 0 aromatic heterocycles. The van der Waals surface area contributed by atoms with Crippen molar-refractivity contribution < 1.29 is 24.1 Å². The lowest BCUT2D eigenvalue weighted by Gasteiger charge is -2.14. The molecule has 0 unspecified atom stereocenters. The SMILES string of the molecule is COCCCOCCOc1cc(OC)ccc1[C@@H](C)O. The van der Waals surface area contributed by atoms with E-state index >= 15 is 0 Å². The van der Waals surface area contributed by atoms with Crippen LogP contribution in [0.3, 0.4) is 0 Å². The number of ether oxygens (including phenoxy) is 4. The van der Waals surface area contributed by atoms with Crippen LogP contribution in [-0.2, 0) is 9.47 Å². The number of aliphatic hydroxyl groups is 1. The van der Waals surface area contributed by atoms with Crippen LogP contribution in [0, 0.1) is 0 Å². The number of hydrogen-bond acceptors (Lipinski definition) is 5. The highest BCUT2D eigenvalue weighted by Gasteiger charge is 2.10. The van der Waals surface area contributed by atoms with Gasteiger partial charge in [0.15, 0.2) is 0 Å². The maximum absolute atomic E-state index is 9.70. The van der Waals surface area contributed by atoms with Gasteiger partial charge in [-0.2, -0.15) is 0 Å². The van der Waals surface area contributed by atoms with Crippen molar-refractivity contribution in [1.29, 1.82) is 0 Å². The van der Waals surface area contributed by atoms with Gasteiger partial charge < -0.3 is 24.1 Å². The van der Waals surface area contributed by atoms with Crippen molar-refractivity contribution in [3.63, 3.8) is 0 Å².